The van der Waals surface area contributed by atoms with Crippen molar-refractivity contribution in [1.29, 1.82) is 0 Å². The van der Waals surface area contributed by atoms with Gasteiger partial charge >= 0.3 is 0 Å². The van der Waals surface area contributed by atoms with Crippen LogP contribution in [0.2, 0.25) is 0 Å². The molecule has 0 saturated heterocycles. The van der Waals surface area contributed by atoms with Crippen LogP contribution in [0, 0.1) is 6.92 Å². The van der Waals surface area contributed by atoms with Gasteiger partial charge in [-0.2, -0.15) is 0 Å². The van der Waals surface area contributed by atoms with Gasteiger partial charge in [0.2, 0.25) is 0 Å². The van der Waals surface area contributed by atoms with Gasteiger partial charge < -0.3 is 15.5 Å². The third-order valence-corrected chi connectivity index (χ3v) is 5.07. The largest absolute Gasteiger partial charge is 0.504 e. The Labute approximate surface area is 173 Å². The van der Waals surface area contributed by atoms with Crippen LogP contribution in [0.15, 0.2) is 66.9 Å². The van der Waals surface area contributed by atoms with Crippen molar-refractivity contribution in [1.82, 2.24) is 10.6 Å². The highest BCUT2D eigenvalue weighted by atomic mass is 16.3. The van der Waals surface area contributed by atoms with E-state index in [1.807, 2.05) is 43.3 Å². The zero-order valence-electron chi connectivity index (χ0n) is 16.3. The average molecular weight is 400 g/mol. The van der Waals surface area contributed by atoms with E-state index < -0.39 is 11.8 Å². The summed E-state index contributed by atoms with van der Waals surface area (Å²) < 4.78 is 0. The number of imide groups is 1. The predicted octanol–water partition coefficient (Wildman–Crippen LogP) is 3.47. The van der Waals surface area contributed by atoms with Crippen LogP contribution in [0.1, 0.15) is 27.0 Å². The van der Waals surface area contributed by atoms with E-state index in [4.69, 9.17) is 0 Å². The lowest BCUT2D eigenvalue weighted by atomic mass is 9.90. The number of hydrogen-bond donors (Lipinski definition) is 4. The molecule has 6 heteroatoms. The molecule has 30 heavy (non-hydrogen) atoms. The number of fused-ring (bicyclic) bond motifs is 1. The van der Waals surface area contributed by atoms with Crippen molar-refractivity contribution >= 4 is 17.4 Å². The molecule has 6 nitrogen and oxygen atoms in total. The van der Waals surface area contributed by atoms with Crippen LogP contribution in [0.25, 0.3) is 16.7 Å². The Kier molecular flexibility index (Phi) is 4.98. The molecule has 0 atom stereocenters. The second-order valence-corrected chi connectivity index (χ2v) is 7.12. The van der Waals surface area contributed by atoms with Crippen LogP contribution >= 0.6 is 0 Å². The highest BCUT2D eigenvalue weighted by Gasteiger charge is 2.27. The summed E-state index contributed by atoms with van der Waals surface area (Å²) in [5.74, 6) is -1.31. The summed E-state index contributed by atoms with van der Waals surface area (Å²) in [4.78, 5) is 24.8. The monoisotopic (exact) mass is 400 g/mol. The first kappa shape index (κ1) is 19.3. The van der Waals surface area contributed by atoms with Crippen molar-refractivity contribution in [3.8, 4) is 22.6 Å². The third kappa shape index (κ3) is 3.63. The Bertz CT molecular complexity index is 1200. The van der Waals surface area contributed by atoms with E-state index in [1.165, 1.54) is 12.1 Å². The Balaban J connectivity index is 1.68. The number of phenols is 2. The van der Waals surface area contributed by atoms with Crippen LogP contribution in [-0.4, -0.2) is 22.0 Å². The lowest BCUT2D eigenvalue weighted by molar-refractivity contribution is -0.114. The fourth-order valence-electron chi connectivity index (χ4n) is 3.48. The van der Waals surface area contributed by atoms with E-state index in [1.54, 1.807) is 18.3 Å². The zero-order chi connectivity index (χ0) is 21.3. The molecule has 1 aliphatic rings. The number of carbonyl (C=O) groups excluding carboxylic acids is 2. The van der Waals surface area contributed by atoms with E-state index in [2.05, 4.69) is 10.6 Å². The van der Waals surface area contributed by atoms with Crippen molar-refractivity contribution in [2.24, 2.45) is 0 Å². The first-order valence-electron chi connectivity index (χ1n) is 9.44. The summed E-state index contributed by atoms with van der Waals surface area (Å²) in [6.45, 7) is 2.34. The Morgan fingerprint density at radius 3 is 2.43 bits per heavy atom. The summed E-state index contributed by atoms with van der Waals surface area (Å²) in [6.07, 6.45) is 1.56. The molecule has 150 valence electrons. The topological polar surface area (TPSA) is 98.7 Å². The molecular formula is C24H20N2O4. The molecular weight excluding hydrogens is 380 g/mol. The highest BCUT2D eigenvalue weighted by Crippen LogP contribution is 2.31. The number of benzene rings is 3. The minimum absolute atomic E-state index is 0.195. The maximum Gasteiger partial charge on any atom is 0.260 e. The van der Waals surface area contributed by atoms with Crippen LogP contribution < -0.4 is 10.6 Å². The number of aryl methyl sites for hydroxylation is 1. The second kappa shape index (κ2) is 7.75. The van der Waals surface area contributed by atoms with E-state index in [0.717, 1.165) is 22.3 Å². The molecule has 0 saturated carbocycles. The van der Waals surface area contributed by atoms with Gasteiger partial charge in [0.25, 0.3) is 11.8 Å². The number of carbonyl (C=O) groups is 2. The quantitative estimate of drug-likeness (QED) is 0.305. The van der Waals surface area contributed by atoms with Crippen LogP contribution in [0.4, 0.5) is 0 Å². The Morgan fingerprint density at radius 1 is 0.867 bits per heavy atom. The molecule has 2 amide bonds. The molecule has 3 aromatic carbocycles. The first-order chi connectivity index (χ1) is 14.4. The molecule has 0 spiro atoms. The second-order valence-electron chi connectivity index (χ2n) is 7.12. The number of nitrogens with one attached hydrogen (secondary N) is 2. The summed E-state index contributed by atoms with van der Waals surface area (Å²) in [7, 11) is 0. The van der Waals surface area contributed by atoms with Crippen molar-refractivity contribution in [2.75, 3.05) is 0 Å². The van der Waals surface area contributed by atoms with Gasteiger partial charge in [-0.15, -0.1) is 0 Å². The highest BCUT2D eigenvalue weighted by molar-refractivity contribution is 6.31. The molecule has 4 N–H and O–H groups in total. The van der Waals surface area contributed by atoms with Gasteiger partial charge in [-0.05, 0) is 53.4 Å². The van der Waals surface area contributed by atoms with Gasteiger partial charge in [0, 0.05) is 23.9 Å². The van der Waals surface area contributed by atoms with Gasteiger partial charge in [0.15, 0.2) is 11.5 Å². The fourth-order valence-corrected chi connectivity index (χ4v) is 3.48. The number of aromatic hydroxyl groups is 2. The molecule has 4 rings (SSSR count). The number of phenolic OH excluding ortho intramolecular Hbond substituents is 2. The van der Waals surface area contributed by atoms with Crippen molar-refractivity contribution in [3.63, 3.8) is 0 Å². The minimum Gasteiger partial charge on any atom is -0.504 e. The molecule has 0 fully saturated rings. The lowest BCUT2D eigenvalue weighted by Crippen LogP contribution is -2.37. The summed E-state index contributed by atoms with van der Waals surface area (Å²) in [6, 6.07) is 17.9. The van der Waals surface area contributed by atoms with E-state index in [-0.39, 0.29) is 11.5 Å². The van der Waals surface area contributed by atoms with E-state index >= 15 is 0 Å². The maximum atomic E-state index is 12.5. The van der Waals surface area contributed by atoms with Gasteiger partial charge in [0.05, 0.1) is 5.57 Å². The van der Waals surface area contributed by atoms with Crippen LogP contribution in [0.5, 0.6) is 11.5 Å². The molecule has 0 aromatic heterocycles. The van der Waals surface area contributed by atoms with Crippen molar-refractivity contribution in [2.45, 2.75) is 13.5 Å². The van der Waals surface area contributed by atoms with Gasteiger partial charge in [-0.1, -0.05) is 36.4 Å². The number of amides is 2. The first-order valence-corrected chi connectivity index (χ1v) is 9.44. The molecule has 0 bridgehead atoms. The zero-order valence-corrected chi connectivity index (χ0v) is 16.3. The molecule has 0 radical (unpaired) electrons. The Morgan fingerprint density at radius 2 is 1.67 bits per heavy atom. The van der Waals surface area contributed by atoms with Crippen molar-refractivity contribution < 1.29 is 19.8 Å². The standard InChI is InChI=1S/C24H20N2O4/c1-14-4-2-3-5-17(14)16-7-8-18-19(11-16)20(24(30)26-23(18)29)13-25-12-15-6-9-21(27)22(28)10-15/h2-11,13,25,27-28H,12H2,1H3,(H,26,29,30)/b20-13+. The fraction of sp³-hybridized carbons (Fsp3) is 0.0833. The smallest absolute Gasteiger partial charge is 0.260 e. The average Bonchev–Trinajstić information content (AvgIpc) is 2.73. The third-order valence-electron chi connectivity index (χ3n) is 5.07. The van der Waals surface area contributed by atoms with Gasteiger partial charge in [-0.3, -0.25) is 14.9 Å². The number of hydrogen-bond acceptors (Lipinski definition) is 5. The molecule has 0 aliphatic carbocycles. The lowest BCUT2D eigenvalue weighted by Gasteiger charge is -2.20. The normalized spacial score (nSPS) is 14.4. The summed E-state index contributed by atoms with van der Waals surface area (Å²) in [5, 5.41) is 24.4. The molecule has 1 heterocycles. The summed E-state index contributed by atoms with van der Waals surface area (Å²) >= 11 is 0. The maximum absolute atomic E-state index is 12.5. The van der Waals surface area contributed by atoms with Crippen molar-refractivity contribution in [3.05, 3.63) is 89.1 Å². The molecule has 3 aromatic rings. The van der Waals surface area contributed by atoms with Gasteiger partial charge in [-0.25, -0.2) is 0 Å². The summed E-state index contributed by atoms with van der Waals surface area (Å²) in [5.41, 5.74) is 5.12. The minimum atomic E-state index is -0.476. The van der Waals surface area contributed by atoms with Gasteiger partial charge in [0.1, 0.15) is 0 Å². The molecule has 0 unspecified atom stereocenters. The van der Waals surface area contributed by atoms with Crippen LogP contribution in [0.3, 0.4) is 0 Å². The SMILES string of the molecule is Cc1ccccc1-c1ccc2c(c1)/C(=C\NCc1ccc(O)c(O)c1)C(=O)NC2=O. The Hall–Kier alpha value is -4.06. The van der Waals surface area contributed by atoms with E-state index in [9.17, 15) is 19.8 Å². The number of rotatable bonds is 4. The van der Waals surface area contributed by atoms with E-state index in [0.29, 0.717) is 23.2 Å². The predicted molar refractivity (Wildman–Crippen MR) is 114 cm³/mol. The van der Waals surface area contributed by atoms with Crippen LogP contribution in [-0.2, 0) is 11.3 Å². The molecule has 1 aliphatic heterocycles.